The van der Waals surface area contributed by atoms with Gasteiger partial charge in [-0.2, -0.15) is 0 Å². The predicted octanol–water partition coefficient (Wildman–Crippen LogP) is 3.31. The van der Waals surface area contributed by atoms with Gasteiger partial charge in [-0.05, 0) is 22.0 Å². The summed E-state index contributed by atoms with van der Waals surface area (Å²) >= 11 is 10.4. The molecule has 0 saturated carbocycles. The van der Waals surface area contributed by atoms with Crippen molar-refractivity contribution < 1.29 is 9.90 Å². The summed E-state index contributed by atoms with van der Waals surface area (Å²) in [5, 5.41) is 10.0. The molecule has 1 aromatic heterocycles. The molecule has 15 heavy (non-hydrogen) atoms. The normalized spacial score (nSPS) is 12.5. The zero-order chi connectivity index (χ0) is 11.4. The molecular formula is C9H9BrClNO2S. The highest BCUT2D eigenvalue weighted by Gasteiger charge is 2.12. The Morgan fingerprint density at radius 2 is 2.47 bits per heavy atom. The number of pyridine rings is 1. The maximum absolute atomic E-state index is 10.6. The lowest BCUT2D eigenvalue weighted by atomic mass is 10.2. The fraction of sp³-hybridized carbons (Fsp3) is 0.333. The average molecular weight is 311 g/mol. The molecule has 82 valence electrons. The van der Waals surface area contributed by atoms with Crippen molar-refractivity contribution in [3.05, 3.63) is 21.8 Å². The minimum absolute atomic E-state index is 0.389. The van der Waals surface area contributed by atoms with Gasteiger partial charge in [0.1, 0.15) is 5.03 Å². The Morgan fingerprint density at radius 3 is 3.00 bits per heavy atom. The van der Waals surface area contributed by atoms with Crippen LogP contribution in [0.1, 0.15) is 6.92 Å². The molecule has 6 heteroatoms. The molecule has 1 rings (SSSR count). The van der Waals surface area contributed by atoms with Crippen LogP contribution in [0.3, 0.4) is 0 Å². The van der Waals surface area contributed by atoms with Crippen LogP contribution >= 0.6 is 39.3 Å². The molecule has 0 amide bonds. The fourth-order valence-corrected chi connectivity index (χ4v) is 2.64. The summed E-state index contributed by atoms with van der Waals surface area (Å²) in [6.07, 6.45) is 1.54. The van der Waals surface area contributed by atoms with Crippen LogP contribution in [-0.4, -0.2) is 21.8 Å². The lowest BCUT2D eigenvalue weighted by Gasteiger charge is -2.06. The van der Waals surface area contributed by atoms with E-state index in [1.165, 1.54) is 11.8 Å². The van der Waals surface area contributed by atoms with Crippen LogP contribution in [0.25, 0.3) is 0 Å². The first kappa shape index (κ1) is 12.8. The van der Waals surface area contributed by atoms with Gasteiger partial charge in [0.15, 0.2) is 0 Å². The van der Waals surface area contributed by atoms with Gasteiger partial charge < -0.3 is 5.11 Å². The quantitative estimate of drug-likeness (QED) is 0.867. The Kier molecular flexibility index (Phi) is 4.89. The molecule has 0 saturated heterocycles. The van der Waals surface area contributed by atoms with Gasteiger partial charge in [-0.3, -0.25) is 4.79 Å². The number of hydrogen-bond acceptors (Lipinski definition) is 3. The van der Waals surface area contributed by atoms with Crippen LogP contribution in [0, 0.1) is 5.92 Å². The zero-order valence-corrected chi connectivity index (χ0v) is 11.1. The molecule has 1 N–H and O–H groups in total. The molecule has 1 atom stereocenters. The van der Waals surface area contributed by atoms with Crippen LogP contribution in [0.4, 0.5) is 0 Å². The first-order chi connectivity index (χ1) is 7.00. The molecular weight excluding hydrogens is 302 g/mol. The van der Waals surface area contributed by atoms with Gasteiger partial charge >= 0.3 is 5.97 Å². The summed E-state index contributed by atoms with van der Waals surface area (Å²) in [7, 11) is 0. The number of carboxylic acids is 1. The number of aliphatic carboxylic acids is 1. The van der Waals surface area contributed by atoms with Gasteiger partial charge in [-0.25, -0.2) is 4.98 Å². The van der Waals surface area contributed by atoms with E-state index in [0.717, 1.165) is 9.50 Å². The maximum Gasteiger partial charge on any atom is 0.307 e. The van der Waals surface area contributed by atoms with Crippen LogP contribution < -0.4 is 0 Å². The molecule has 3 nitrogen and oxygen atoms in total. The van der Waals surface area contributed by atoms with Gasteiger partial charge in [0, 0.05) is 11.9 Å². The van der Waals surface area contributed by atoms with E-state index in [0.29, 0.717) is 10.8 Å². The number of halogens is 2. The lowest BCUT2D eigenvalue weighted by molar-refractivity contribution is -0.140. The van der Waals surface area contributed by atoms with E-state index >= 15 is 0 Å². The summed E-state index contributed by atoms with van der Waals surface area (Å²) in [6.45, 7) is 1.67. The van der Waals surface area contributed by atoms with E-state index in [4.69, 9.17) is 16.7 Å². The van der Waals surface area contributed by atoms with Gasteiger partial charge in [-0.15, -0.1) is 11.8 Å². The predicted molar refractivity (Wildman–Crippen MR) is 64.5 cm³/mol. The highest BCUT2D eigenvalue weighted by Crippen LogP contribution is 2.28. The summed E-state index contributed by atoms with van der Waals surface area (Å²) in [6, 6.07) is 1.74. The topological polar surface area (TPSA) is 50.2 Å². The molecule has 1 unspecified atom stereocenters. The minimum Gasteiger partial charge on any atom is -0.481 e. The van der Waals surface area contributed by atoms with Crippen molar-refractivity contribution in [1.29, 1.82) is 0 Å². The monoisotopic (exact) mass is 309 g/mol. The van der Waals surface area contributed by atoms with Crippen molar-refractivity contribution in [1.82, 2.24) is 4.98 Å². The standard InChI is InChI=1S/C9H9BrClNO2S/c1-5(9(13)14)4-15-8-7(10)2-6(11)3-12-8/h2-3,5H,4H2,1H3,(H,13,14). The first-order valence-electron chi connectivity index (χ1n) is 4.17. The molecule has 0 fully saturated rings. The van der Waals surface area contributed by atoms with E-state index in [1.807, 2.05) is 0 Å². The van der Waals surface area contributed by atoms with E-state index in [1.54, 1.807) is 19.2 Å². The SMILES string of the molecule is CC(CSc1ncc(Cl)cc1Br)C(=O)O. The number of thioether (sulfide) groups is 1. The number of nitrogens with zero attached hydrogens (tertiary/aromatic N) is 1. The highest BCUT2D eigenvalue weighted by atomic mass is 79.9. The first-order valence-corrected chi connectivity index (χ1v) is 6.33. The molecule has 0 bridgehead atoms. The summed E-state index contributed by atoms with van der Waals surface area (Å²) in [5.41, 5.74) is 0. The highest BCUT2D eigenvalue weighted by molar-refractivity contribution is 9.10. The van der Waals surface area contributed by atoms with E-state index < -0.39 is 5.97 Å². The molecule has 0 spiro atoms. The molecule has 0 aliphatic carbocycles. The number of hydrogen-bond donors (Lipinski definition) is 1. The zero-order valence-electron chi connectivity index (χ0n) is 7.91. The molecule has 0 radical (unpaired) electrons. The molecule has 1 heterocycles. The van der Waals surface area contributed by atoms with E-state index in [9.17, 15) is 4.79 Å². The van der Waals surface area contributed by atoms with Crippen LogP contribution in [-0.2, 0) is 4.79 Å². The summed E-state index contributed by atoms with van der Waals surface area (Å²) < 4.78 is 0.789. The third-order valence-electron chi connectivity index (χ3n) is 1.67. The molecule has 1 aromatic rings. The second-order valence-electron chi connectivity index (χ2n) is 2.99. The Labute approximate surface area is 105 Å². The Bertz CT molecular complexity index is 375. The van der Waals surface area contributed by atoms with Gasteiger partial charge in [0.2, 0.25) is 0 Å². The van der Waals surface area contributed by atoms with Crippen molar-refractivity contribution in [3.63, 3.8) is 0 Å². The van der Waals surface area contributed by atoms with Gasteiger partial charge in [0.05, 0.1) is 15.4 Å². The smallest absolute Gasteiger partial charge is 0.307 e. The molecule has 0 aliphatic heterocycles. The van der Waals surface area contributed by atoms with E-state index in [2.05, 4.69) is 20.9 Å². The summed E-state index contributed by atoms with van der Waals surface area (Å²) in [4.78, 5) is 14.7. The number of rotatable bonds is 4. The average Bonchev–Trinajstić information content (AvgIpc) is 2.15. The number of aromatic nitrogens is 1. The molecule has 0 aromatic carbocycles. The van der Waals surface area contributed by atoms with Crippen LogP contribution in [0.15, 0.2) is 21.8 Å². The van der Waals surface area contributed by atoms with Gasteiger partial charge in [0.25, 0.3) is 0 Å². The van der Waals surface area contributed by atoms with Crippen LogP contribution in [0.5, 0.6) is 0 Å². The second kappa shape index (κ2) is 5.72. The minimum atomic E-state index is -0.799. The fourth-order valence-electron chi connectivity index (χ4n) is 0.783. The third kappa shape index (κ3) is 4.01. The van der Waals surface area contributed by atoms with Crippen LogP contribution in [0.2, 0.25) is 5.02 Å². The van der Waals surface area contributed by atoms with Crippen molar-refractivity contribution in [2.45, 2.75) is 11.9 Å². The second-order valence-corrected chi connectivity index (χ2v) is 5.29. The van der Waals surface area contributed by atoms with Crippen molar-refractivity contribution >= 4 is 45.3 Å². The van der Waals surface area contributed by atoms with Crippen molar-refractivity contribution in [2.75, 3.05) is 5.75 Å². The third-order valence-corrected chi connectivity index (χ3v) is 4.00. The maximum atomic E-state index is 10.6. The lowest BCUT2D eigenvalue weighted by Crippen LogP contribution is -2.11. The largest absolute Gasteiger partial charge is 0.481 e. The Morgan fingerprint density at radius 1 is 1.80 bits per heavy atom. The Hall–Kier alpha value is -0.260. The Balaban J connectivity index is 2.62. The van der Waals surface area contributed by atoms with Crippen molar-refractivity contribution in [2.24, 2.45) is 5.92 Å². The van der Waals surface area contributed by atoms with Gasteiger partial charge in [-0.1, -0.05) is 18.5 Å². The summed E-state index contributed by atoms with van der Waals surface area (Å²) in [5.74, 6) is -0.699. The molecule has 0 aliphatic rings. The number of carboxylic acid groups (broad SMARTS) is 1. The van der Waals surface area contributed by atoms with Crippen molar-refractivity contribution in [3.8, 4) is 0 Å². The number of carbonyl (C=O) groups is 1. The van der Waals surface area contributed by atoms with E-state index in [-0.39, 0.29) is 5.92 Å².